The molecule has 0 saturated heterocycles. The fourth-order valence-electron chi connectivity index (χ4n) is 3.14. The van der Waals surface area contributed by atoms with Crippen LogP contribution in [0.2, 0.25) is 0 Å². The van der Waals surface area contributed by atoms with E-state index in [1.807, 2.05) is 25.1 Å². The van der Waals surface area contributed by atoms with Crippen LogP contribution in [0.1, 0.15) is 26.0 Å². The summed E-state index contributed by atoms with van der Waals surface area (Å²) >= 11 is 1.30. The number of benzene rings is 1. The molecule has 3 aromatic heterocycles. The Kier molecular flexibility index (Phi) is 4.99. The largest absolute Gasteiger partial charge is 0.360 e. The van der Waals surface area contributed by atoms with Gasteiger partial charge in [0.1, 0.15) is 11.3 Å². The van der Waals surface area contributed by atoms with Crippen molar-refractivity contribution in [3.05, 3.63) is 36.1 Å². The molecule has 1 amide bonds. The molecule has 0 saturated carbocycles. The Morgan fingerprint density at radius 2 is 2.11 bits per heavy atom. The summed E-state index contributed by atoms with van der Waals surface area (Å²) in [5.41, 5.74) is 2.64. The number of hydrogen-bond acceptors (Lipinski definition) is 7. The Balaban J connectivity index is 1.62. The summed E-state index contributed by atoms with van der Waals surface area (Å²) in [4.78, 5) is 17.3. The lowest BCUT2D eigenvalue weighted by atomic mass is 10.2. The first kappa shape index (κ1) is 18.4. The van der Waals surface area contributed by atoms with Gasteiger partial charge in [-0.1, -0.05) is 42.0 Å². The van der Waals surface area contributed by atoms with Crippen LogP contribution in [-0.2, 0) is 11.3 Å². The van der Waals surface area contributed by atoms with Gasteiger partial charge in [-0.25, -0.2) is 4.98 Å². The van der Waals surface area contributed by atoms with Crippen molar-refractivity contribution < 1.29 is 9.32 Å². The zero-order valence-electron chi connectivity index (χ0n) is 15.8. The summed E-state index contributed by atoms with van der Waals surface area (Å²) < 4.78 is 7.10. The second-order valence-corrected chi connectivity index (χ2v) is 7.52. The Bertz CT molecular complexity index is 1150. The van der Waals surface area contributed by atoms with Crippen molar-refractivity contribution in [2.45, 2.75) is 44.1 Å². The van der Waals surface area contributed by atoms with E-state index in [0.717, 1.165) is 28.6 Å². The number of para-hydroxylation sites is 1. The van der Waals surface area contributed by atoms with Gasteiger partial charge in [-0.15, -0.1) is 10.2 Å². The highest BCUT2D eigenvalue weighted by molar-refractivity contribution is 8.00. The van der Waals surface area contributed by atoms with Crippen LogP contribution in [0.3, 0.4) is 0 Å². The molecule has 8 nitrogen and oxygen atoms in total. The van der Waals surface area contributed by atoms with Crippen LogP contribution < -0.4 is 5.32 Å². The number of nitrogens with zero attached hydrogens (tertiary/aromatic N) is 5. The summed E-state index contributed by atoms with van der Waals surface area (Å²) in [5.74, 6) is 0.879. The lowest BCUT2D eigenvalue weighted by Gasteiger charge is -2.12. The van der Waals surface area contributed by atoms with Crippen LogP contribution in [0, 0.1) is 6.92 Å². The van der Waals surface area contributed by atoms with Crippen LogP contribution in [0.4, 0.5) is 5.82 Å². The van der Waals surface area contributed by atoms with Gasteiger partial charge in [0.15, 0.2) is 11.5 Å². The number of aromatic nitrogens is 5. The maximum absolute atomic E-state index is 12.6. The van der Waals surface area contributed by atoms with E-state index in [1.165, 1.54) is 11.8 Å². The van der Waals surface area contributed by atoms with Crippen molar-refractivity contribution in [2.24, 2.45) is 0 Å². The molecule has 0 spiro atoms. The molecule has 1 atom stereocenters. The van der Waals surface area contributed by atoms with Crippen molar-refractivity contribution in [1.29, 1.82) is 0 Å². The summed E-state index contributed by atoms with van der Waals surface area (Å²) in [6, 6.07) is 9.74. The molecule has 0 radical (unpaired) electrons. The average Bonchev–Trinajstić information content (AvgIpc) is 3.25. The molecule has 1 aromatic carbocycles. The molecule has 0 bridgehead atoms. The second kappa shape index (κ2) is 7.59. The fourth-order valence-corrected chi connectivity index (χ4v) is 3.96. The number of amides is 1. The number of aryl methyl sites for hydroxylation is 2. The standard InChI is InChI=1S/C19H20N6O2S/c1-4-14(18(26)20-15-10-11(3)27-24-15)28-19-21-17-16(22-23-19)12-8-6-7-9-13(12)25(17)5-2/h6-10,14H,4-5H2,1-3H3,(H,20,24,26)/t14-/m0/s1. The van der Waals surface area contributed by atoms with Crippen LogP contribution in [0.15, 0.2) is 40.0 Å². The first-order chi connectivity index (χ1) is 13.6. The van der Waals surface area contributed by atoms with Crippen LogP contribution in [0.5, 0.6) is 0 Å². The first-order valence-electron chi connectivity index (χ1n) is 9.13. The number of anilines is 1. The van der Waals surface area contributed by atoms with Gasteiger partial charge in [0.05, 0.1) is 10.8 Å². The van der Waals surface area contributed by atoms with E-state index in [0.29, 0.717) is 23.2 Å². The van der Waals surface area contributed by atoms with Crippen LogP contribution in [-0.4, -0.2) is 36.1 Å². The monoisotopic (exact) mass is 396 g/mol. The molecule has 4 aromatic rings. The highest BCUT2D eigenvalue weighted by Crippen LogP contribution is 2.29. The third kappa shape index (κ3) is 3.33. The van der Waals surface area contributed by atoms with Gasteiger partial charge in [0, 0.05) is 18.0 Å². The number of rotatable bonds is 6. The third-order valence-electron chi connectivity index (χ3n) is 4.46. The number of carbonyl (C=O) groups excluding carboxylic acids is 1. The minimum atomic E-state index is -0.365. The van der Waals surface area contributed by atoms with E-state index in [-0.39, 0.29) is 11.2 Å². The smallest absolute Gasteiger partial charge is 0.239 e. The van der Waals surface area contributed by atoms with Crippen molar-refractivity contribution in [1.82, 2.24) is 24.9 Å². The Morgan fingerprint density at radius 3 is 2.82 bits per heavy atom. The van der Waals surface area contributed by atoms with Crippen molar-refractivity contribution in [3.8, 4) is 0 Å². The summed E-state index contributed by atoms with van der Waals surface area (Å²) in [6.07, 6.45) is 0.617. The van der Waals surface area contributed by atoms with Gasteiger partial charge in [0.2, 0.25) is 11.1 Å². The minimum Gasteiger partial charge on any atom is -0.360 e. The number of nitrogens with one attached hydrogen (secondary N) is 1. The highest BCUT2D eigenvalue weighted by atomic mass is 32.2. The number of fused-ring (bicyclic) bond motifs is 3. The predicted molar refractivity (Wildman–Crippen MR) is 108 cm³/mol. The Labute approximate surface area is 165 Å². The minimum absolute atomic E-state index is 0.166. The van der Waals surface area contributed by atoms with Gasteiger partial charge < -0.3 is 14.4 Å². The van der Waals surface area contributed by atoms with Crippen LogP contribution in [0.25, 0.3) is 22.1 Å². The fraction of sp³-hybridized carbons (Fsp3) is 0.316. The topological polar surface area (TPSA) is 98.7 Å². The zero-order chi connectivity index (χ0) is 19.7. The molecule has 0 aliphatic heterocycles. The quantitative estimate of drug-likeness (QED) is 0.495. The molecule has 144 valence electrons. The van der Waals surface area contributed by atoms with Crippen molar-refractivity contribution >= 4 is 45.6 Å². The molecule has 0 fully saturated rings. The molecule has 3 heterocycles. The maximum Gasteiger partial charge on any atom is 0.239 e. The van der Waals surface area contributed by atoms with Crippen molar-refractivity contribution in [3.63, 3.8) is 0 Å². The summed E-state index contributed by atoms with van der Waals surface area (Å²) in [6.45, 7) is 6.57. The van der Waals surface area contributed by atoms with Gasteiger partial charge in [-0.2, -0.15) is 0 Å². The van der Waals surface area contributed by atoms with Crippen LogP contribution >= 0.6 is 11.8 Å². The summed E-state index contributed by atoms with van der Waals surface area (Å²) in [5, 5.41) is 16.4. The van der Waals surface area contributed by atoms with E-state index in [9.17, 15) is 4.79 Å². The summed E-state index contributed by atoms with van der Waals surface area (Å²) in [7, 11) is 0. The molecular weight excluding hydrogens is 376 g/mol. The molecule has 4 rings (SSSR count). The van der Waals surface area contributed by atoms with Gasteiger partial charge >= 0.3 is 0 Å². The van der Waals surface area contributed by atoms with E-state index in [1.54, 1.807) is 13.0 Å². The lowest BCUT2D eigenvalue weighted by molar-refractivity contribution is -0.115. The van der Waals surface area contributed by atoms with E-state index in [4.69, 9.17) is 9.51 Å². The number of carbonyl (C=O) groups is 1. The van der Waals surface area contributed by atoms with Gasteiger partial charge in [-0.05, 0) is 26.3 Å². The number of hydrogen-bond donors (Lipinski definition) is 1. The zero-order valence-corrected chi connectivity index (χ0v) is 16.7. The Morgan fingerprint density at radius 1 is 1.29 bits per heavy atom. The molecule has 0 aliphatic rings. The maximum atomic E-state index is 12.6. The SMILES string of the molecule is CC[C@H](Sc1nnc2c3ccccc3n(CC)c2n1)C(=O)Nc1cc(C)on1. The molecule has 0 unspecified atom stereocenters. The van der Waals surface area contributed by atoms with Crippen molar-refractivity contribution in [2.75, 3.05) is 5.32 Å². The van der Waals surface area contributed by atoms with Gasteiger partial charge in [-0.3, -0.25) is 4.79 Å². The molecule has 9 heteroatoms. The average molecular weight is 396 g/mol. The molecular formula is C19H20N6O2S. The molecule has 28 heavy (non-hydrogen) atoms. The number of thioether (sulfide) groups is 1. The van der Waals surface area contributed by atoms with E-state index < -0.39 is 0 Å². The predicted octanol–water partition coefficient (Wildman–Crippen LogP) is 3.81. The van der Waals surface area contributed by atoms with Gasteiger partial charge in [0.25, 0.3) is 0 Å². The first-order valence-corrected chi connectivity index (χ1v) is 10.0. The third-order valence-corrected chi connectivity index (χ3v) is 5.68. The van der Waals surface area contributed by atoms with E-state index >= 15 is 0 Å². The Hall–Kier alpha value is -2.94. The highest BCUT2D eigenvalue weighted by Gasteiger charge is 2.22. The van der Waals surface area contributed by atoms with E-state index in [2.05, 4.69) is 38.2 Å². The normalized spacial score (nSPS) is 12.5. The lowest BCUT2D eigenvalue weighted by Crippen LogP contribution is -2.25. The second-order valence-electron chi connectivity index (χ2n) is 6.35. The molecule has 1 N–H and O–H groups in total. The molecule has 0 aliphatic carbocycles.